The summed E-state index contributed by atoms with van der Waals surface area (Å²) in [7, 11) is 0. The summed E-state index contributed by atoms with van der Waals surface area (Å²) in [4.78, 5) is 16.7. The quantitative estimate of drug-likeness (QED) is 0.170. The van der Waals surface area contributed by atoms with Gasteiger partial charge in [-0.1, -0.05) is 169 Å². The number of fused-ring (bicyclic) bond motifs is 4. The molecule has 6 aromatic carbocycles. The van der Waals surface area contributed by atoms with Gasteiger partial charge in [-0.3, -0.25) is 0 Å². The normalized spacial score (nSPS) is 32.8. The number of benzene rings is 6. The molecule has 6 aliphatic carbocycles. The standard InChI is InChI=1S/C25H32N2O.C23H33N.C19H29N.C18H21N.C16H25N/c1-16-9-11-19-20-12-10-17(2)26-23(20)28-22(19)21(16)27-18(3)25(15-24(27,4)5)13-7-6-8-14-25;1-15-7-5-6-8-21(15)24-16(2)23(14-22(24,3)4)19-10-17-9-18(12-19)13-20(23)11-17;1-15-10-6-7-11-17(15)20-16(2)19(14-18(20,3)4)12-8-5-9-13-19;1-13-9-5-7-11-16(13)19-14(2)18(3,4)15-10-6-8-12-17(15)19;1-12-9-7-8-10-14(12)17-13(2)15(3,4)11-16(17,5)6/h9-12,18H,6-8,13-15H2,1-5H3;5-8,16-20H,9-14H2,1-4H3;6-7,10-11,16H,5,8-9,12-14H2,1-4H3;5-12,14H,1-4H3;7-10,13H,11H2,1-6H3/i;2*14D2;;3D3,11D2. The number of furan rings is 1. The minimum atomic E-state index is -2.38. The fourth-order valence-electron chi connectivity index (χ4n) is 24.6. The highest BCUT2D eigenvalue weighted by molar-refractivity contribution is 6.09. The summed E-state index contributed by atoms with van der Waals surface area (Å²) in [5, 5.41) is 2.31. The number of aromatic nitrogens is 1. The second-order valence-electron chi connectivity index (χ2n) is 38.8. The van der Waals surface area contributed by atoms with Crippen LogP contribution >= 0.6 is 0 Å². The van der Waals surface area contributed by atoms with Crippen LogP contribution in [0.3, 0.4) is 0 Å². The summed E-state index contributed by atoms with van der Waals surface area (Å²) in [6.45, 7) is 44.8. The van der Waals surface area contributed by atoms with Crippen LogP contribution in [-0.2, 0) is 5.41 Å². The van der Waals surface area contributed by atoms with E-state index in [1.165, 1.54) is 152 Å². The maximum atomic E-state index is 9.52. The third kappa shape index (κ3) is 13.5. The predicted molar refractivity (Wildman–Crippen MR) is 464 cm³/mol. The summed E-state index contributed by atoms with van der Waals surface area (Å²) in [5.74, 6) is 2.89. The largest absolute Gasteiger partial charge is 0.436 e. The van der Waals surface area contributed by atoms with Crippen LogP contribution in [0.25, 0.3) is 22.1 Å². The van der Waals surface area contributed by atoms with Gasteiger partial charge in [0.05, 0.1) is 5.69 Å². The van der Waals surface area contributed by atoms with Crippen LogP contribution in [0.2, 0.25) is 0 Å². The highest BCUT2D eigenvalue weighted by Gasteiger charge is 2.66. The van der Waals surface area contributed by atoms with Crippen LogP contribution in [0.4, 0.5) is 34.1 Å². The number of hydrogen-bond donors (Lipinski definition) is 0. The molecule has 19 rings (SSSR count). The molecular formula is C101H140N6O. The van der Waals surface area contributed by atoms with Gasteiger partial charge in [0.25, 0.3) is 0 Å². The molecule has 0 amide bonds. The number of aryl methyl sites for hydroxylation is 6. The van der Waals surface area contributed by atoms with Crippen LogP contribution in [0.15, 0.2) is 150 Å². The first kappa shape index (κ1) is 67.0. The van der Waals surface area contributed by atoms with E-state index < -0.39 is 54.0 Å². The molecule has 7 nitrogen and oxygen atoms in total. The number of pyridine rings is 1. The molecule has 4 bridgehead atoms. The Morgan fingerprint density at radius 3 is 1.34 bits per heavy atom. The van der Waals surface area contributed by atoms with E-state index >= 15 is 0 Å². The van der Waals surface area contributed by atoms with Gasteiger partial charge in [0.2, 0.25) is 5.71 Å². The molecule has 6 unspecified atom stereocenters. The lowest BCUT2D eigenvalue weighted by Gasteiger charge is -2.62. The fraction of sp³-hybridized carbons (Fsp3) is 0.594. The number of nitrogens with zero attached hydrogens (tertiary/aromatic N) is 6. The minimum absolute atomic E-state index is 0.123. The van der Waals surface area contributed by atoms with Gasteiger partial charge >= 0.3 is 0 Å². The molecule has 6 atom stereocenters. The summed E-state index contributed by atoms with van der Waals surface area (Å²) >= 11 is 0. The van der Waals surface area contributed by atoms with Crippen molar-refractivity contribution >= 4 is 56.2 Å². The molecule has 4 saturated heterocycles. The average molecular weight is 1460 g/mol. The van der Waals surface area contributed by atoms with Crippen molar-refractivity contribution in [2.75, 3.05) is 24.5 Å². The summed E-state index contributed by atoms with van der Waals surface area (Å²) in [5.41, 5.74) is 14.7. The number of hydrogen-bond acceptors (Lipinski definition) is 7. The average Bonchev–Trinajstić information content (AvgIpc) is 1.51. The van der Waals surface area contributed by atoms with Crippen molar-refractivity contribution in [1.29, 1.82) is 0 Å². The molecule has 10 fully saturated rings. The molecule has 2 aromatic heterocycles. The second-order valence-corrected chi connectivity index (χ2v) is 38.8. The lowest BCUT2D eigenvalue weighted by atomic mass is 9.43. The summed E-state index contributed by atoms with van der Waals surface area (Å²) in [6.07, 6.45) is 16.1. The highest BCUT2D eigenvalue weighted by Crippen LogP contribution is 2.70. The molecule has 3 spiro atoms. The van der Waals surface area contributed by atoms with Crippen molar-refractivity contribution in [2.45, 2.75) is 339 Å². The van der Waals surface area contributed by atoms with Gasteiger partial charge in [0.1, 0.15) is 0 Å². The molecule has 580 valence electrons. The zero-order valence-corrected chi connectivity index (χ0v) is 70.5. The van der Waals surface area contributed by atoms with E-state index in [2.05, 4.69) is 257 Å². The first-order valence-corrected chi connectivity index (χ1v) is 42.2. The Morgan fingerprint density at radius 1 is 0.398 bits per heavy atom. The number of anilines is 6. The maximum absolute atomic E-state index is 9.52. The molecule has 7 heteroatoms. The highest BCUT2D eigenvalue weighted by atomic mass is 16.3. The van der Waals surface area contributed by atoms with Gasteiger partial charge in [-0.05, 0) is 336 Å². The predicted octanol–water partition coefficient (Wildman–Crippen LogP) is 27.3. The first-order chi connectivity index (χ1) is 54.6. The Bertz CT molecular complexity index is 4930. The minimum Gasteiger partial charge on any atom is -0.436 e. The Kier molecular flexibility index (Phi) is 17.9. The van der Waals surface area contributed by atoms with Crippen molar-refractivity contribution in [3.05, 3.63) is 185 Å². The Hall–Kier alpha value is -6.73. The van der Waals surface area contributed by atoms with E-state index in [0.717, 1.165) is 58.3 Å². The second kappa shape index (κ2) is 28.8. The maximum Gasteiger partial charge on any atom is 0.227 e. The van der Waals surface area contributed by atoms with E-state index in [9.17, 15) is 2.74 Å². The zero-order chi connectivity index (χ0) is 85.1. The molecule has 7 heterocycles. The third-order valence-corrected chi connectivity index (χ3v) is 29.6. The van der Waals surface area contributed by atoms with Crippen molar-refractivity contribution < 1.29 is 16.8 Å². The van der Waals surface area contributed by atoms with E-state index in [4.69, 9.17) is 14.0 Å². The number of rotatable bonds is 5. The zero-order valence-electron chi connectivity index (χ0n) is 79.5. The molecule has 108 heavy (non-hydrogen) atoms. The van der Waals surface area contributed by atoms with Crippen LogP contribution < -0.4 is 24.5 Å². The molecular weight excluding hydrogens is 1310 g/mol. The summed E-state index contributed by atoms with van der Waals surface area (Å²) < 4.78 is 84.7. The lowest BCUT2D eigenvalue weighted by molar-refractivity contribution is -0.113. The van der Waals surface area contributed by atoms with Crippen LogP contribution in [-0.4, -0.2) is 57.3 Å². The van der Waals surface area contributed by atoms with E-state index in [1.54, 1.807) is 20.8 Å². The van der Waals surface area contributed by atoms with Gasteiger partial charge in [-0.2, -0.15) is 0 Å². The summed E-state index contributed by atoms with van der Waals surface area (Å²) in [6, 6.07) is 52.0. The molecule has 5 aliphatic heterocycles. The SMILES string of the molecule is Cc1ccc2c(n1)oc1c(N3C(C)C4(CCCCC4)CC3(C)C)c(C)ccc12.Cc1ccccc1N1c2ccccc2C(C)(C)C1C.[2H]C([2H])([2H])C1(C)C(C)N(c2ccccc2C)C(C)(C)C1([2H])[2H].[2H]C1([2H])C2(C3CC4CC(C3)CC2C4)C(C)N(c2ccccc2C)C1(C)C.[2H]C1([2H])C2(CCCCC2)C(C)N(c2ccccc2C)C1(C)C. The van der Waals surface area contributed by atoms with Crippen molar-refractivity contribution in [1.82, 2.24) is 4.98 Å². The molecule has 0 N–H and O–H groups in total. The lowest BCUT2D eigenvalue weighted by Crippen LogP contribution is -2.57. The van der Waals surface area contributed by atoms with Gasteiger partial charge in [0, 0.05) is 115 Å². The van der Waals surface area contributed by atoms with Crippen molar-refractivity contribution in [2.24, 2.45) is 45.3 Å². The monoisotopic (exact) mass is 1460 g/mol. The topological polar surface area (TPSA) is 42.2 Å². The molecule has 11 aliphatic rings. The van der Waals surface area contributed by atoms with Gasteiger partial charge in [-0.25, -0.2) is 4.98 Å². The number of para-hydroxylation sites is 5. The third-order valence-electron chi connectivity index (χ3n) is 29.6. The van der Waals surface area contributed by atoms with Crippen molar-refractivity contribution in [3.8, 4) is 0 Å². The van der Waals surface area contributed by atoms with Crippen molar-refractivity contribution in [3.63, 3.8) is 0 Å². The van der Waals surface area contributed by atoms with Crippen LogP contribution in [0.5, 0.6) is 0 Å². The van der Waals surface area contributed by atoms with Gasteiger partial charge in [-0.15, -0.1) is 0 Å². The van der Waals surface area contributed by atoms with Gasteiger partial charge < -0.3 is 28.9 Å². The molecule has 6 saturated carbocycles. The first-order valence-electron chi connectivity index (χ1n) is 46.7. The van der Waals surface area contributed by atoms with Crippen LogP contribution in [0.1, 0.15) is 291 Å². The van der Waals surface area contributed by atoms with E-state index in [0.29, 0.717) is 29.3 Å². The van der Waals surface area contributed by atoms with Crippen LogP contribution in [0, 0.1) is 86.9 Å². The van der Waals surface area contributed by atoms with E-state index in [-0.39, 0.29) is 33.9 Å². The van der Waals surface area contributed by atoms with E-state index in [1.807, 2.05) is 49.9 Å². The Morgan fingerprint density at radius 2 is 0.833 bits per heavy atom. The Labute approximate surface area is 667 Å². The fourth-order valence-corrected chi connectivity index (χ4v) is 24.6. The Balaban J connectivity index is 0.000000121. The molecule has 0 radical (unpaired) electrons. The van der Waals surface area contributed by atoms with Gasteiger partial charge in [0.15, 0.2) is 5.58 Å². The smallest absolute Gasteiger partial charge is 0.227 e. The molecule has 8 aromatic rings.